The fourth-order valence-electron chi connectivity index (χ4n) is 6.49. The van der Waals surface area contributed by atoms with Gasteiger partial charge < -0.3 is 24.3 Å². The highest BCUT2D eigenvalue weighted by Gasteiger charge is 2.35. The summed E-state index contributed by atoms with van der Waals surface area (Å²) in [7, 11) is 4.21. The van der Waals surface area contributed by atoms with Crippen LogP contribution in [0.5, 0.6) is 6.01 Å². The number of ether oxygens (including phenoxy) is 1. The van der Waals surface area contributed by atoms with Gasteiger partial charge in [-0.2, -0.15) is 15.2 Å². The number of piperazine rings is 1. The van der Waals surface area contributed by atoms with Gasteiger partial charge in [0, 0.05) is 74.4 Å². The van der Waals surface area contributed by atoms with Crippen LogP contribution in [-0.4, -0.2) is 114 Å². The summed E-state index contributed by atoms with van der Waals surface area (Å²) in [6, 6.07) is 8.24. The van der Waals surface area contributed by atoms with Crippen molar-refractivity contribution in [3.8, 4) is 12.1 Å². The van der Waals surface area contributed by atoms with E-state index in [-0.39, 0.29) is 19.0 Å². The Bertz CT molecular complexity index is 1640. The molecule has 0 saturated carbocycles. The van der Waals surface area contributed by atoms with Crippen LogP contribution in [-0.2, 0) is 17.8 Å². The normalized spacial score (nSPS) is 18.9. The Morgan fingerprint density at radius 3 is 2.78 bits per heavy atom. The fraction of sp³-hybridized carbons (Fsp3) is 0.469. The monoisotopic (exact) mass is 633 g/mol. The molecule has 0 spiro atoms. The number of fused-ring (bicyclic) bond motifs is 2. The van der Waals surface area contributed by atoms with Crippen LogP contribution in [0.15, 0.2) is 43.0 Å². The first-order valence-corrected chi connectivity index (χ1v) is 15.6. The van der Waals surface area contributed by atoms with E-state index in [0.717, 1.165) is 53.2 Å². The fourth-order valence-corrected chi connectivity index (χ4v) is 6.77. The Labute approximate surface area is 267 Å². The van der Waals surface area contributed by atoms with Crippen LogP contribution in [0.4, 0.5) is 15.9 Å². The van der Waals surface area contributed by atoms with Crippen LogP contribution in [0.1, 0.15) is 17.7 Å². The molecule has 0 aliphatic carbocycles. The van der Waals surface area contributed by atoms with E-state index in [4.69, 9.17) is 26.3 Å². The maximum Gasteiger partial charge on any atom is 0.318 e. The Hall–Kier alpha value is -4.05. The van der Waals surface area contributed by atoms with Crippen LogP contribution >= 0.6 is 11.6 Å². The number of aromatic nitrogens is 3. The van der Waals surface area contributed by atoms with Crippen molar-refractivity contribution in [2.24, 2.45) is 0 Å². The molecule has 2 aromatic heterocycles. The minimum atomic E-state index is -1.02. The van der Waals surface area contributed by atoms with Crippen molar-refractivity contribution in [1.29, 1.82) is 5.26 Å². The SMILES string of the molecule is C=C(F)C(=O)N1CCN(c2nc(OCCN(C)C3CN(C)C3)nc3c2CCN(c2cncc4cccc(Cl)c24)C3)C[C@@H]1CC#N. The number of hydrogen-bond acceptors (Lipinski definition) is 10. The molecule has 45 heavy (non-hydrogen) atoms. The summed E-state index contributed by atoms with van der Waals surface area (Å²) in [4.78, 5) is 37.1. The average Bonchev–Trinajstić information content (AvgIpc) is 3.02. The number of rotatable bonds is 9. The molecule has 3 aliphatic heterocycles. The number of benzene rings is 1. The van der Waals surface area contributed by atoms with Gasteiger partial charge in [-0.05, 0) is 26.6 Å². The number of hydrogen-bond donors (Lipinski definition) is 0. The maximum absolute atomic E-state index is 13.8. The number of carbonyl (C=O) groups is 1. The van der Waals surface area contributed by atoms with Crippen LogP contribution in [0.25, 0.3) is 10.8 Å². The molecule has 0 bridgehead atoms. The summed E-state index contributed by atoms with van der Waals surface area (Å²) in [5, 5.41) is 12.1. The predicted molar refractivity (Wildman–Crippen MR) is 171 cm³/mol. The van der Waals surface area contributed by atoms with Crippen molar-refractivity contribution in [3.05, 3.63) is 59.3 Å². The van der Waals surface area contributed by atoms with Gasteiger partial charge in [-0.3, -0.25) is 14.7 Å². The van der Waals surface area contributed by atoms with E-state index in [1.54, 1.807) is 0 Å². The molecule has 2 saturated heterocycles. The van der Waals surface area contributed by atoms with E-state index in [9.17, 15) is 14.4 Å². The van der Waals surface area contributed by atoms with Gasteiger partial charge in [0.25, 0.3) is 5.91 Å². The van der Waals surface area contributed by atoms with Gasteiger partial charge in [0.15, 0.2) is 5.83 Å². The number of halogens is 2. The molecule has 0 unspecified atom stereocenters. The number of amides is 1. The molecule has 3 aliphatic rings. The number of nitrogens with zero attached hydrogens (tertiary/aromatic N) is 9. The highest BCUT2D eigenvalue weighted by Crippen LogP contribution is 2.37. The van der Waals surface area contributed by atoms with Crippen molar-refractivity contribution in [1.82, 2.24) is 29.7 Å². The number of carbonyl (C=O) groups excluding carboxylic acids is 1. The highest BCUT2D eigenvalue weighted by atomic mass is 35.5. The topological polar surface area (TPSA) is 105 Å². The number of nitriles is 1. The van der Waals surface area contributed by atoms with Crippen LogP contribution in [0, 0.1) is 11.3 Å². The molecule has 2 fully saturated rings. The number of likely N-dealkylation sites (N-methyl/N-ethyl adjacent to an activating group) is 2. The van der Waals surface area contributed by atoms with E-state index < -0.39 is 17.8 Å². The van der Waals surface area contributed by atoms with E-state index >= 15 is 0 Å². The van der Waals surface area contributed by atoms with Crippen LogP contribution in [0.2, 0.25) is 5.02 Å². The lowest BCUT2D eigenvalue weighted by Crippen LogP contribution is -2.57. The minimum absolute atomic E-state index is 0.0669. The molecule has 5 heterocycles. The number of likely N-dealkylation sites (tertiary alicyclic amines) is 1. The van der Waals surface area contributed by atoms with Crippen molar-refractivity contribution < 1.29 is 13.9 Å². The lowest BCUT2D eigenvalue weighted by molar-refractivity contribution is -0.131. The highest BCUT2D eigenvalue weighted by molar-refractivity contribution is 6.36. The lowest BCUT2D eigenvalue weighted by Gasteiger charge is -2.42. The summed E-state index contributed by atoms with van der Waals surface area (Å²) in [6.45, 7) is 8.61. The van der Waals surface area contributed by atoms with Gasteiger partial charge in [0.2, 0.25) is 0 Å². The minimum Gasteiger partial charge on any atom is -0.462 e. The Morgan fingerprint density at radius 1 is 1.20 bits per heavy atom. The summed E-state index contributed by atoms with van der Waals surface area (Å²) in [5.74, 6) is -1.07. The molecule has 13 heteroatoms. The zero-order chi connectivity index (χ0) is 31.7. The van der Waals surface area contributed by atoms with Gasteiger partial charge >= 0.3 is 6.01 Å². The van der Waals surface area contributed by atoms with Gasteiger partial charge in [0.1, 0.15) is 12.4 Å². The standard InChI is InChI=1S/C32H37ClFN9O2/c1-21(34)31(44)43-12-11-42(19-23(43)7-9-35)30-25-8-10-41(28-16-36-15-22-5-4-6-26(33)29(22)28)20-27(25)37-32(38-30)45-14-13-40(3)24-17-39(2)18-24/h4-6,15-16,23-24H,1,7-8,10-14,17-20H2,2-3H3/t23-/m0/s1. The molecule has 1 atom stereocenters. The molecule has 6 rings (SSSR count). The molecule has 11 nitrogen and oxygen atoms in total. The van der Waals surface area contributed by atoms with Gasteiger partial charge in [-0.15, -0.1) is 0 Å². The van der Waals surface area contributed by atoms with Crippen molar-refractivity contribution >= 4 is 39.8 Å². The van der Waals surface area contributed by atoms with Crippen LogP contribution in [0.3, 0.4) is 0 Å². The first-order valence-electron chi connectivity index (χ1n) is 15.2. The van der Waals surface area contributed by atoms with E-state index in [1.807, 2.05) is 30.6 Å². The Kier molecular flexibility index (Phi) is 9.03. The van der Waals surface area contributed by atoms with Gasteiger partial charge in [-0.1, -0.05) is 30.3 Å². The second-order valence-corrected chi connectivity index (χ2v) is 12.4. The molecule has 0 N–H and O–H groups in total. The lowest BCUT2D eigenvalue weighted by atomic mass is 10.0. The molecule has 1 aromatic carbocycles. The molecule has 1 amide bonds. The Morgan fingerprint density at radius 2 is 2.02 bits per heavy atom. The number of pyridine rings is 1. The van der Waals surface area contributed by atoms with E-state index in [0.29, 0.717) is 50.3 Å². The average molecular weight is 634 g/mol. The first-order chi connectivity index (χ1) is 21.7. The third kappa shape index (κ3) is 6.38. The van der Waals surface area contributed by atoms with Crippen LogP contribution < -0.4 is 14.5 Å². The van der Waals surface area contributed by atoms with Gasteiger partial charge in [-0.25, -0.2) is 4.39 Å². The number of anilines is 2. The van der Waals surface area contributed by atoms with Crippen molar-refractivity contribution in [3.63, 3.8) is 0 Å². The summed E-state index contributed by atoms with van der Waals surface area (Å²) < 4.78 is 20.0. The zero-order valence-corrected chi connectivity index (χ0v) is 26.4. The molecular weight excluding hydrogens is 597 g/mol. The Balaban J connectivity index is 1.29. The third-order valence-corrected chi connectivity index (χ3v) is 9.34. The smallest absolute Gasteiger partial charge is 0.318 e. The van der Waals surface area contributed by atoms with Crippen molar-refractivity contribution in [2.45, 2.75) is 31.5 Å². The summed E-state index contributed by atoms with van der Waals surface area (Å²) in [6.07, 6.45) is 4.38. The van der Waals surface area contributed by atoms with E-state index in [2.05, 4.69) is 51.3 Å². The predicted octanol–water partition coefficient (Wildman–Crippen LogP) is 3.28. The summed E-state index contributed by atoms with van der Waals surface area (Å²) in [5.41, 5.74) is 2.77. The van der Waals surface area contributed by atoms with E-state index in [1.165, 1.54) is 4.90 Å². The molecular formula is C32H37ClFN9O2. The summed E-state index contributed by atoms with van der Waals surface area (Å²) >= 11 is 6.66. The molecule has 0 radical (unpaired) electrons. The maximum atomic E-state index is 13.8. The van der Waals surface area contributed by atoms with Crippen molar-refractivity contribution in [2.75, 3.05) is 76.3 Å². The molecule has 236 valence electrons. The zero-order valence-electron chi connectivity index (χ0n) is 25.6. The third-order valence-electron chi connectivity index (χ3n) is 9.02. The second kappa shape index (κ2) is 13.1. The first kappa shape index (κ1) is 31.0. The largest absolute Gasteiger partial charge is 0.462 e. The van der Waals surface area contributed by atoms with Gasteiger partial charge in [0.05, 0.1) is 47.7 Å². The molecule has 3 aromatic rings. The second-order valence-electron chi connectivity index (χ2n) is 12.0. The quantitative estimate of drug-likeness (QED) is 0.326.